The first-order valence-electron chi connectivity index (χ1n) is 10.6. The smallest absolute Gasteiger partial charge is 0.282 e. The first-order valence-corrected chi connectivity index (χ1v) is 10.6. The fraction of sp³-hybridized carbons (Fsp3) is 0.154. The van der Waals surface area contributed by atoms with Crippen LogP contribution in [0.2, 0.25) is 0 Å². The summed E-state index contributed by atoms with van der Waals surface area (Å²) in [7, 11) is 2.99. The molecule has 0 spiro atoms. The van der Waals surface area contributed by atoms with Gasteiger partial charge in [0.2, 0.25) is 0 Å². The number of hydrogen-bond acceptors (Lipinski definition) is 6. The number of nitrogens with one attached hydrogen (secondary N) is 1. The number of para-hydroxylation sites is 2. The van der Waals surface area contributed by atoms with Gasteiger partial charge < -0.3 is 19.5 Å². The number of amides is 2. The third-order valence-electron chi connectivity index (χ3n) is 5.29. The second-order valence-electron chi connectivity index (χ2n) is 7.30. The Hall–Kier alpha value is -4.33. The van der Waals surface area contributed by atoms with Crippen molar-refractivity contribution < 1.29 is 28.2 Å². The molecule has 2 amide bonds. The van der Waals surface area contributed by atoms with E-state index in [0.29, 0.717) is 35.1 Å². The van der Waals surface area contributed by atoms with E-state index in [1.54, 1.807) is 36.4 Å². The summed E-state index contributed by atoms with van der Waals surface area (Å²) >= 11 is 0. The monoisotopic (exact) mass is 462 g/mol. The molecular formula is C26H23FN2O5. The van der Waals surface area contributed by atoms with Crippen molar-refractivity contribution in [2.75, 3.05) is 31.0 Å². The van der Waals surface area contributed by atoms with Gasteiger partial charge in [0.25, 0.3) is 11.8 Å². The van der Waals surface area contributed by atoms with E-state index in [4.69, 9.17) is 14.2 Å². The molecule has 1 aliphatic rings. The quantitative estimate of drug-likeness (QED) is 0.492. The van der Waals surface area contributed by atoms with Gasteiger partial charge in [0, 0.05) is 0 Å². The number of anilines is 2. The molecule has 1 aliphatic heterocycles. The predicted molar refractivity (Wildman–Crippen MR) is 127 cm³/mol. The van der Waals surface area contributed by atoms with Crippen molar-refractivity contribution in [3.8, 4) is 17.2 Å². The summed E-state index contributed by atoms with van der Waals surface area (Å²) in [6, 6.07) is 17.2. The van der Waals surface area contributed by atoms with E-state index >= 15 is 0 Å². The zero-order valence-electron chi connectivity index (χ0n) is 18.9. The molecule has 7 nitrogen and oxygen atoms in total. The number of rotatable bonds is 8. The largest absolute Gasteiger partial charge is 0.493 e. The number of imide groups is 1. The molecule has 4 rings (SSSR count). The number of ether oxygens (including phenoxy) is 3. The van der Waals surface area contributed by atoms with Crippen LogP contribution in [0, 0.1) is 5.82 Å². The topological polar surface area (TPSA) is 77.1 Å². The predicted octanol–water partition coefficient (Wildman–Crippen LogP) is 4.64. The van der Waals surface area contributed by atoms with Gasteiger partial charge >= 0.3 is 0 Å². The minimum absolute atomic E-state index is 0.0636. The molecule has 0 saturated heterocycles. The molecule has 0 aliphatic carbocycles. The third kappa shape index (κ3) is 4.17. The van der Waals surface area contributed by atoms with Crippen LogP contribution in [-0.2, 0) is 9.59 Å². The summed E-state index contributed by atoms with van der Waals surface area (Å²) < 4.78 is 29.8. The summed E-state index contributed by atoms with van der Waals surface area (Å²) in [5.74, 6) is -0.185. The van der Waals surface area contributed by atoms with Gasteiger partial charge in [-0.3, -0.25) is 9.59 Å². The second-order valence-corrected chi connectivity index (χ2v) is 7.30. The molecule has 0 aromatic heterocycles. The molecular weight excluding hydrogens is 439 g/mol. The van der Waals surface area contributed by atoms with Gasteiger partial charge in [0.15, 0.2) is 11.5 Å². The third-order valence-corrected chi connectivity index (χ3v) is 5.29. The lowest BCUT2D eigenvalue weighted by Gasteiger charge is -2.16. The number of hydrogen-bond donors (Lipinski definition) is 1. The highest BCUT2D eigenvalue weighted by atomic mass is 19.1. The molecule has 0 fully saturated rings. The first kappa shape index (κ1) is 22.8. The molecule has 8 heteroatoms. The van der Waals surface area contributed by atoms with Crippen molar-refractivity contribution in [3.63, 3.8) is 0 Å². The van der Waals surface area contributed by atoms with Crippen molar-refractivity contribution in [1.82, 2.24) is 0 Å². The molecule has 0 atom stereocenters. The minimum atomic E-state index is -0.576. The highest BCUT2D eigenvalue weighted by Gasteiger charge is 2.40. The van der Waals surface area contributed by atoms with Gasteiger partial charge in [-0.1, -0.05) is 18.2 Å². The fourth-order valence-corrected chi connectivity index (χ4v) is 3.72. The fourth-order valence-electron chi connectivity index (χ4n) is 3.72. The molecule has 3 aromatic carbocycles. The lowest BCUT2D eigenvalue weighted by molar-refractivity contribution is -0.120. The summed E-state index contributed by atoms with van der Waals surface area (Å²) in [5.41, 5.74) is 1.44. The zero-order chi connectivity index (χ0) is 24.2. The average molecular weight is 462 g/mol. The maximum atomic E-state index is 13.6. The molecule has 1 heterocycles. The van der Waals surface area contributed by atoms with Gasteiger partial charge in [0.1, 0.15) is 17.3 Å². The standard InChI is InChI=1S/C26H23FN2O5/c1-4-34-20-8-6-5-7-19(20)28-24-23(16-9-14-21(32-2)22(15-16)33-3)25(30)29(26(24)31)18-12-10-17(27)11-13-18/h5-15,28H,4H2,1-3H3. The molecule has 1 N–H and O–H groups in total. The van der Waals surface area contributed by atoms with E-state index in [-0.39, 0.29) is 17.0 Å². The van der Waals surface area contributed by atoms with Crippen molar-refractivity contribution >= 4 is 28.8 Å². The van der Waals surface area contributed by atoms with Crippen molar-refractivity contribution in [3.05, 3.63) is 83.8 Å². The molecule has 0 bridgehead atoms. The Morgan fingerprint density at radius 2 is 1.56 bits per heavy atom. The van der Waals surface area contributed by atoms with Crippen LogP contribution in [0.3, 0.4) is 0 Å². The van der Waals surface area contributed by atoms with Crippen LogP contribution in [-0.4, -0.2) is 32.6 Å². The summed E-state index contributed by atoms with van der Waals surface area (Å²) in [5, 5.41) is 3.10. The Bertz CT molecular complexity index is 1270. The molecule has 0 radical (unpaired) electrons. The lowest BCUT2D eigenvalue weighted by atomic mass is 10.0. The van der Waals surface area contributed by atoms with Crippen LogP contribution in [0.1, 0.15) is 12.5 Å². The van der Waals surface area contributed by atoms with Crippen LogP contribution in [0.5, 0.6) is 17.2 Å². The van der Waals surface area contributed by atoms with Gasteiger partial charge in [-0.15, -0.1) is 0 Å². The molecule has 0 saturated carbocycles. The van der Waals surface area contributed by atoms with Crippen LogP contribution < -0.4 is 24.4 Å². The van der Waals surface area contributed by atoms with Crippen LogP contribution >= 0.6 is 0 Å². The van der Waals surface area contributed by atoms with Gasteiger partial charge in [0.05, 0.1) is 37.8 Å². The highest BCUT2D eigenvalue weighted by Crippen LogP contribution is 2.38. The molecule has 3 aromatic rings. The Morgan fingerprint density at radius 1 is 0.853 bits per heavy atom. The Morgan fingerprint density at radius 3 is 2.24 bits per heavy atom. The van der Waals surface area contributed by atoms with Gasteiger partial charge in [-0.05, 0) is 61.0 Å². The SMILES string of the molecule is CCOc1ccccc1NC1=C(c2ccc(OC)c(OC)c2)C(=O)N(c2ccc(F)cc2)C1=O. The van der Waals surface area contributed by atoms with E-state index in [9.17, 15) is 14.0 Å². The van der Waals surface area contributed by atoms with Crippen LogP contribution in [0.25, 0.3) is 5.57 Å². The summed E-state index contributed by atoms with van der Waals surface area (Å²) in [4.78, 5) is 28.1. The van der Waals surface area contributed by atoms with E-state index in [1.165, 1.54) is 38.5 Å². The first-order chi connectivity index (χ1) is 16.5. The van der Waals surface area contributed by atoms with E-state index < -0.39 is 17.6 Å². The molecule has 0 unspecified atom stereocenters. The Balaban J connectivity index is 1.86. The van der Waals surface area contributed by atoms with E-state index in [1.807, 2.05) is 13.0 Å². The number of nitrogens with zero attached hydrogens (tertiary/aromatic N) is 1. The lowest BCUT2D eigenvalue weighted by Crippen LogP contribution is -2.32. The van der Waals surface area contributed by atoms with Crippen LogP contribution in [0.4, 0.5) is 15.8 Å². The van der Waals surface area contributed by atoms with Crippen molar-refractivity contribution in [2.45, 2.75) is 6.92 Å². The second kappa shape index (κ2) is 9.66. The Kier molecular flexibility index (Phi) is 6.49. The minimum Gasteiger partial charge on any atom is -0.493 e. The van der Waals surface area contributed by atoms with Crippen molar-refractivity contribution in [2.24, 2.45) is 0 Å². The van der Waals surface area contributed by atoms with E-state index in [0.717, 1.165) is 4.90 Å². The average Bonchev–Trinajstić information content (AvgIpc) is 3.09. The maximum absolute atomic E-state index is 13.6. The molecule has 34 heavy (non-hydrogen) atoms. The number of carbonyl (C=O) groups is 2. The number of benzene rings is 3. The van der Waals surface area contributed by atoms with Gasteiger partial charge in [-0.2, -0.15) is 0 Å². The number of halogens is 1. The number of methoxy groups -OCH3 is 2. The summed E-state index contributed by atoms with van der Waals surface area (Å²) in [6.45, 7) is 2.28. The zero-order valence-corrected chi connectivity index (χ0v) is 18.9. The maximum Gasteiger partial charge on any atom is 0.282 e. The van der Waals surface area contributed by atoms with Crippen LogP contribution in [0.15, 0.2) is 72.4 Å². The highest BCUT2D eigenvalue weighted by molar-refractivity contribution is 6.46. The number of carbonyl (C=O) groups excluding carboxylic acids is 2. The Labute approximate surface area is 196 Å². The summed E-state index contributed by atoms with van der Waals surface area (Å²) in [6.07, 6.45) is 0. The molecule has 174 valence electrons. The van der Waals surface area contributed by atoms with E-state index in [2.05, 4.69) is 5.32 Å². The normalized spacial score (nSPS) is 13.4. The van der Waals surface area contributed by atoms with Gasteiger partial charge in [-0.25, -0.2) is 9.29 Å². The van der Waals surface area contributed by atoms with Crippen molar-refractivity contribution in [1.29, 1.82) is 0 Å².